The zero-order valence-corrected chi connectivity index (χ0v) is 9.82. The van der Waals surface area contributed by atoms with Crippen LogP contribution in [0, 0.1) is 0 Å². The molecule has 16 heavy (non-hydrogen) atoms. The van der Waals surface area contributed by atoms with Crippen molar-refractivity contribution in [2.45, 2.75) is 26.3 Å². The Labute approximate surface area is 95.8 Å². The molecule has 5 heteroatoms. The Hall–Kier alpha value is -1.36. The second-order valence-corrected chi connectivity index (χ2v) is 3.01. The predicted octanol–water partition coefficient (Wildman–Crippen LogP) is 0.647. The highest BCUT2D eigenvalue weighted by Crippen LogP contribution is 1.98. The molecule has 0 unspecified atom stereocenters. The summed E-state index contributed by atoms with van der Waals surface area (Å²) in [6, 6.07) is -0.669. The van der Waals surface area contributed by atoms with E-state index in [2.05, 4.69) is 11.9 Å². The van der Waals surface area contributed by atoms with E-state index in [1.165, 1.54) is 0 Å². The fourth-order valence-corrected chi connectivity index (χ4v) is 1.09. The van der Waals surface area contributed by atoms with Crippen molar-refractivity contribution in [3.63, 3.8) is 0 Å². The Morgan fingerprint density at radius 2 is 1.94 bits per heavy atom. The van der Waals surface area contributed by atoms with Gasteiger partial charge in [-0.25, -0.2) is 0 Å². The first-order valence-corrected chi connectivity index (χ1v) is 5.32. The highest BCUT2D eigenvalue weighted by Gasteiger charge is 2.22. The Morgan fingerprint density at radius 1 is 1.31 bits per heavy atom. The van der Waals surface area contributed by atoms with Gasteiger partial charge in [-0.1, -0.05) is 6.08 Å². The molecule has 0 aliphatic rings. The van der Waals surface area contributed by atoms with Crippen LogP contribution in [-0.4, -0.2) is 37.7 Å². The summed E-state index contributed by atoms with van der Waals surface area (Å²) in [6.07, 6.45) is 1.58. The van der Waals surface area contributed by atoms with Crippen molar-refractivity contribution in [1.82, 2.24) is 5.32 Å². The quantitative estimate of drug-likeness (QED) is 0.489. The Kier molecular flexibility index (Phi) is 8.15. The summed E-state index contributed by atoms with van der Waals surface area (Å²) in [5.74, 6) is -0.866. The van der Waals surface area contributed by atoms with Crippen LogP contribution in [0.5, 0.6) is 0 Å². The molecule has 0 amide bonds. The van der Waals surface area contributed by atoms with Gasteiger partial charge in [0.05, 0.1) is 19.6 Å². The van der Waals surface area contributed by atoms with E-state index >= 15 is 0 Å². The lowest BCUT2D eigenvalue weighted by molar-refractivity contribution is -0.152. The number of carbonyl (C=O) groups is 2. The van der Waals surface area contributed by atoms with E-state index in [1.807, 2.05) is 0 Å². The van der Waals surface area contributed by atoms with E-state index in [1.54, 1.807) is 19.9 Å². The highest BCUT2D eigenvalue weighted by molar-refractivity contribution is 5.82. The molecular weight excluding hydrogens is 210 g/mol. The standard InChI is InChI=1S/C11H19NO4/c1-4-7-12-9(11(14)16-6-3)8-10(13)15-5-2/h4,9,12H,1,5-8H2,2-3H3/t9-/m0/s1. The van der Waals surface area contributed by atoms with Gasteiger partial charge in [-0.05, 0) is 13.8 Å². The third-order valence-electron chi connectivity index (χ3n) is 1.76. The average Bonchev–Trinajstić information content (AvgIpc) is 2.24. The van der Waals surface area contributed by atoms with Crippen molar-refractivity contribution in [2.24, 2.45) is 0 Å². The average molecular weight is 229 g/mol. The fraction of sp³-hybridized carbons (Fsp3) is 0.636. The molecule has 0 aliphatic heterocycles. The maximum atomic E-state index is 11.5. The summed E-state index contributed by atoms with van der Waals surface area (Å²) < 4.78 is 9.60. The number of nitrogens with one attached hydrogen (secondary N) is 1. The van der Waals surface area contributed by atoms with Crippen molar-refractivity contribution < 1.29 is 19.1 Å². The van der Waals surface area contributed by atoms with Gasteiger partial charge in [0.1, 0.15) is 6.04 Å². The summed E-state index contributed by atoms with van der Waals surface area (Å²) >= 11 is 0. The Morgan fingerprint density at radius 3 is 2.44 bits per heavy atom. The molecule has 0 fully saturated rings. The lowest BCUT2D eigenvalue weighted by atomic mass is 10.2. The van der Waals surface area contributed by atoms with Crippen molar-refractivity contribution in [1.29, 1.82) is 0 Å². The first kappa shape index (κ1) is 14.6. The van der Waals surface area contributed by atoms with Crippen molar-refractivity contribution in [3.05, 3.63) is 12.7 Å². The smallest absolute Gasteiger partial charge is 0.323 e. The van der Waals surface area contributed by atoms with Crippen LogP contribution in [0.2, 0.25) is 0 Å². The summed E-state index contributed by atoms with van der Waals surface area (Å²) in [4.78, 5) is 22.7. The van der Waals surface area contributed by atoms with E-state index in [0.29, 0.717) is 13.2 Å². The van der Waals surface area contributed by atoms with E-state index < -0.39 is 18.0 Å². The van der Waals surface area contributed by atoms with Gasteiger partial charge < -0.3 is 14.8 Å². The number of hydrogen-bond donors (Lipinski definition) is 1. The zero-order chi connectivity index (χ0) is 12.4. The number of ether oxygens (including phenoxy) is 2. The normalized spacial score (nSPS) is 11.6. The minimum atomic E-state index is -0.669. The molecule has 5 nitrogen and oxygen atoms in total. The SMILES string of the molecule is C=CCN[C@@H](CC(=O)OCC)C(=O)OCC. The number of rotatable bonds is 8. The van der Waals surface area contributed by atoms with E-state index in [4.69, 9.17) is 9.47 Å². The molecule has 0 saturated carbocycles. The van der Waals surface area contributed by atoms with Gasteiger partial charge in [-0.15, -0.1) is 6.58 Å². The zero-order valence-electron chi connectivity index (χ0n) is 9.82. The minimum Gasteiger partial charge on any atom is -0.466 e. The lowest BCUT2D eigenvalue weighted by Gasteiger charge is -2.15. The molecule has 1 atom stereocenters. The van der Waals surface area contributed by atoms with Gasteiger partial charge in [-0.3, -0.25) is 9.59 Å². The van der Waals surface area contributed by atoms with Crippen LogP contribution in [0.25, 0.3) is 0 Å². The molecule has 0 aromatic carbocycles. The Bertz CT molecular complexity index is 240. The molecule has 0 bridgehead atoms. The number of esters is 2. The molecule has 0 radical (unpaired) electrons. The van der Waals surface area contributed by atoms with Gasteiger partial charge in [-0.2, -0.15) is 0 Å². The summed E-state index contributed by atoms with van der Waals surface area (Å²) in [5, 5.41) is 2.85. The molecule has 0 rings (SSSR count). The molecule has 92 valence electrons. The lowest BCUT2D eigenvalue weighted by Crippen LogP contribution is -2.40. The number of carbonyl (C=O) groups excluding carboxylic acids is 2. The second kappa shape index (κ2) is 8.91. The molecule has 0 aromatic heterocycles. The molecule has 0 saturated heterocycles. The van der Waals surface area contributed by atoms with Crippen molar-refractivity contribution >= 4 is 11.9 Å². The third-order valence-corrected chi connectivity index (χ3v) is 1.76. The highest BCUT2D eigenvalue weighted by atomic mass is 16.5. The van der Waals surface area contributed by atoms with Crippen LogP contribution >= 0.6 is 0 Å². The number of hydrogen-bond acceptors (Lipinski definition) is 5. The summed E-state index contributed by atoms with van der Waals surface area (Å²) in [5.41, 5.74) is 0. The maximum Gasteiger partial charge on any atom is 0.323 e. The van der Waals surface area contributed by atoms with Gasteiger partial charge in [0.2, 0.25) is 0 Å². The van der Waals surface area contributed by atoms with Gasteiger partial charge in [0.15, 0.2) is 0 Å². The van der Waals surface area contributed by atoms with E-state index in [0.717, 1.165) is 0 Å². The molecule has 0 heterocycles. The Balaban J connectivity index is 4.23. The van der Waals surface area contributed by atoms with Crippen LogP contribution in [0.4, 0.5) is 0 Å². The molecule has 0 aromatic rings. The van der Waals surface area contributed by atoms with Crippen LogP contribution in [0.1, 0.15) is 20.3 Å². The largest absolute Gasteiger partial charge is 0.466 e. The van der Waals surface area contributed by atoms with E-state index in [-0.39, 0.29) is 13.0 Å². The molecule has 0 aliphatic carbocycles. The van der Waals surface area contributed by atoms with Crippen molar-refractivity contribution in [2.75, 3.05) is 19.8 Å². The van der Waals surface area contributed by atoms with Crippen LogP contribution < -0.4 is 5.32 Å². The third kappa shape index (κ3) is 6.19. The monoisotopic (exact) mass is 229 g/mol. The van der Waals surface area contributed by atoms with Crippen molar-refractivity contribution in [3.8, 4) is 0 Å². The minimum absolute atomic E-state index is 0.0273. The fourth-order valence-electron chi connectivity index (χ4n) is 1.09. The molecule has 1 N–H and O–H groups in total. The van der Waals surface area contributed by atoms with Gasteiger partial charge in [0, 0.05) is 6.54 Å². The van der Waals surface area contributed by atoms with Crippen LogP contribution in [0.15, 0.2) is 12.7 Å². The first-order valence-electron chi connectivity index (χ1n) is 5.32. The van der Waals surface area contributed by atoms with Gasteiger partial charge >= 0.3 is 11.9 Å². The second-order valence-electron chi connectivity index (χ2n) is 3.01. The summed E-state index contributed by atoms with van der Waals surface area (Å²) in [6.45, 7) is 7.97. The first-order chi connectivity index (χ1) is 7.65. The molecular formula is C11H19NO4. The van der Waals surface area contributed by atoms with Crippen LogP contribution in [0.3, 0.4) is 0 Å². The molecule has 0 spiro atoms. The predicted molar refractivity (Wildman–Crippen MR) is 59.9 cm³/mol. The van der Waals surface area contributed by atoms with Gasteiger partial charge in [0.25, 0.3) is 0 Å². The van der Waals surface area contributed by atoms with E-state index in [9.17, 15) is 9.59 Å². The van der Waals surface area contributed by atoms with Crippen LogP contribution in [-0.2, 0) is 19.1 Å². The maximum absolute atomic E-state index is 11.5. The topological polar surface area (TPSA) is 64.6 Å². The summed E-state index contributed by atoms with van der Waals surface area (Å²) in [7, 11) is 0.